The molecule has 2 aromatic rings. The number of hydrogen-bond donors (Lipinski definition) is 2. The maximum Gasteiger partial charge on any atom is 0.244 e. The van der Waals surface area contributed by atoms with Crippen LogP contribution in [0.5, 0.6) is 0 Å². The molecule has 104 valence electrons. The van der Waals surface area contributed by atoms with Crippen LogP contribution < -0.4 is 0 Å². The third-order valence-corrected chi connectivity index (χ3v) is 4.66. The monoisotopic (exact) mass is 284 g/mol. The van der Waals surface area contributed by atoms with Gasteiger partial charge in [0, 0.05) is 38.4 Å². The number of nitrogens with one attached hydrogen (secondary N) is 1. The van der Waals surface area contributed by atoms with Crippen molar-refractivity contribution in [1.29, 1.82) is 0 Å². The maximum absolute atomic E-state index is 12.3. The van der Waals surface area contributed by atoms with Crippen LogP contribution in [0.15, 0.2) is 29.6 Å². The Morgan fingerprint density at radius 1 is 1.53 bits per heavy atom. The summed E-state index contributed by atoms with van der Waals surface area (Å²) in [5.74, 6) is 0.656. The van der Waals surface area contributed by atoms with E-state index in [1.807, 2.05) is 7.05 Å². The summed E-state index contributed by atoms with van der Waals surface area (Å²) in [4.78, 5) is 6.94. The van der Waals surface area contributed by atoms with Gasteiger partial charge in [0.2, 0.25) is 10.0 Å². The summed E-state index contributed by atoms with van der Waals surface area (Å²) in [7, 11) is -0.279. The Morgan fingerprint density at radius 3 is 2.79 bits per heavy atom. The molecule has 0 saturated heterocycles. The summed E-state index contributed by atoms with van der Waals surface area (Å²) in [6.45, 7) is -0.0376. The number of imidazole rings is 1. The van der Waals surface area contributed by atoms with Gasteiger partial charge in [-0.2, -0.15) is 4.31 Å². The Bertz CT molecular complexity index is 659. The van der Waals surface area contributed by atoms with Gasteiger partial charge in [-0.1, -0.05) is 0 Å². The second kappa shape index (κ2) is 5.16. The van der Waals surface area contributed by atoms with E-state index in [9.17, 15) is 8.42 Å². The molecule has 2 rings (SSSR count). The van der Waals surface area contributed by atoms with Crippen LogP contribution in [-0.2, 0) is 30.2 Å². The lowest BCUT2D eigenvalue weighted by atomic mass is 10.5. The normalized spacial score (nSPS) is 12.2. The molecule has 19 heavy (non-hydrogen) atoms. The van der Waals surface area contributed by atoms with E-state index in [4.69, 9.17) is 5.11 Å². The van der Waals surface area contributed by atoms with Gasteiger partial charge in [0.05, 0.1) is 18.0 Å². The molecule has 0 aliphatic heterocycles. The van der Waals surface area contributed by atoms with Gasteiger partial charge in [0.15, 0.2) is 0 Å². The zero-order chi connectivity index (χ0) is 14.0. The minimum atomic E-state index is -3.58. The SMILES string of the molecule is CN(Cc1nccn1C)S(=O)(=O)c1c[nH]c(CO)c1. The predicted molar refractivity (Wildman–Crippen MR) is 68.6 cm³/mol. The van der Waals surface area contributed by atoms with Crippen molar-refractivity contribution in [2.24, 2.45) is 7.05 Å². The van der Waals surface area contributed by atoms with Gasteiger partial charge in [0.25, 0.3) is 0 Å². The van der Waals surface area contributed by atoms with Crippen LogP contribution in [0.1, 0.15) is 11.5 Å². The van der Waals surface area contributed by atoms with E-state index in [1.165, 1.54) is 23.6 Å². The highest BCUT2D eigenvalue weighted by molar-refractivity contribution is 7.89. The van der Waals surface area contributed by atoms with Crippen LogP contribution in [0.3, 0.4) is 0 Å². The Hall–Kier alpha value is -1.64. The zero-order valence-corrected chi connectivity index (χ0v) is 11.6. The van der Waals surface area contributed by atoms with Gasteiger partial charge in [-0.15, -0.1) is 0 Å². The fraction of sp³-hybridized carbons (Fsp3) is 0.364. The largest absolute Gasteiger partial charge is 0.390 e. The fourth-order valence-electron chi connectivity index (χ4n) is 1.67. The van der Waals surface area contributed by atoms with Crippen LogP contribution in [0.2, 0.25) is 0 Å². The van der Waals surface area contributed by atoms with Crippen molar-refractivity contribution in [3.63, 3.8) is 0 Å². The summed E-state index contributed by atoms with van der Waals surface area (Å²) in [5.41, 5.74) is 0.462. The van der Waals surface area contributed by atoms with Gasteiger partial charge in [-0.05, 0) is 6.07 Å². The predicted octanol–water partition coefficient (Wildman–Crippen LogP) is 0.0612. The molecule has 8 heteroatoms. The van der Waals surface area contributed by atoms with Crippen LogP contribution >= 0.6 is 0 Å². The third-order valence-electron chi connectivity index (χ3n) is 2.88. The number of H-pyrrole nitrogens is 1. The van der Waals surface area contributed by atoms with Crippen LogP contribution in [0.4, 0.5) is 0 Å². The molecule has 0 fully saturated rings. The average Bonchev–Trinajstić information content (AvgIpc) is 2.99. The van der Waals surface area contributed by atoms with Crippen LogP contribution in [0.25, 0.3) is 0 Å². The van der Waals surface area contributed by atoms with Gasteiger partial charge >= 0.3 is 0 Å². The maximum atomic E-state index is 12.3. The van der Waals surface area contributed by atoms with Crippen molar-refractivity contribution in [1.82, 2.24) is 18.8 Å². The zero-order valence-electron chi connectivity index (χ0n) is 10.7. The first-order chi connectivity index (χ1) is 8.95. The topological polar surface area (TPSA) is 91.2 Å². The molecule has 0 unspecified atom stereocenters. The molecule has 2 aromatic heterocycles. The molecule has 0 aliphatic rings. The first kappa shape index (κ1) is 13.8. The quantitative estimate of drug-likeness (QED) is 0.812. The molecule has 2 N–H and O–H groups in total. The number of aromatic amines is 1. The summed E-state index contributed by atoms with van der Waals surface area (Å²) in [6.07, 6.45) is 4.75. The minimum Gasteiger partial charge on any atom is -0.390 e. The Kier molecular flexibility index (Phi) is 3.74. The van der Waals surface area contributed by atoms with Gasteiger partial charge in [0.1, 0.15) is 5.82 Å². The van der Waals surface area contributed by atoms with Gasteiger partial charge < -0.3 is 14.7 Å². The van der Waals surface area contributed by atoms with E-state index in [-0.39, 0.29) is 18.0 Å². The summed E-state index contributed by atoms with van der Waals surface area (Å²) in [6, 6.07) is 1.42. The second-order valence-electron chi connectivity index (χ2n) is 4.23. The first-order valence-electron chi connectivity index (χ1n) is 5.66. The summed E-state index contributed by atoms with van der Waals surface area (Å²) in [5, 5.41) is 8.95. The van der Waals surface area contributed by atoms with Crippen molar-refractivity contribution < 1.29 is 13.5 Å². The number of aryl methyl sites for hydroxylation is 1. The lowest BCUT2D eigenvalue weighted by Crippen LogP contribution is -2.27. The van der Waals surface area contributed by atoms with Crippen molar-refractivity contribution in [2.75, 3.05) is 7.05 Å². The summed E-state index contributed by atoms with van der Waals surface area (Å²) >= 11 is 0. The molecule has 0 saturated carbocycles. The van der Waals surface area contributed by atoms with E-state index in [0.717, 1.165) is 0 Å². The molecule has 7 nitrogen and oxygen atoms in total. The van der Waals surface area contributed by atoms with Crippen LogP contribution in [-0.4, -0.2) is 39.4 Å². The Labute approximate surface area is 111 Å². The standard InChI is InChI=1S/C11H16N4O3S/c1-14-4-3-12-11(14)7-15(2)19(17,18)10-5-9(8-16)13-6-10/h3-6,13,16H,7-8H2,1-2H3. The van der Waals surface area contributed by atoms with E-state index in [0.29, 0.717) is 11.5 Å². The second-order valence-corrected chi connectivity index (χ2v) is 6.28. The molecule has 0 aromatic carbocycles. The number of rotatable bonds is 5. The molecule has 2 heterocycles. The van der Waals surface area contributed by atoms with Gasteiger partial charge in [-0.25, -0.2) is 13.4 Å². The Balaban J connectivity index is 2.22. The summed E-state index contributed by atoms with van der Waals surface area (Å²) < 4.78 is 27.6. The highest BCUT2D eigenvalue weighted by atomic mass is 32.2. The van der Waals surface area contributed by atoms with E-state index >= 15 is 0 Å². The number of aliphatic hydroxyl groups is 1. The number of hydrogen-bond acceptors (Lipinski definition) is 4. The molecular weight excluding hydrogens is 268 g/mol. The number of aromatic nitrogens is 3. The van der Waals surface area contributed by atoms with Crippen molar-refractivity contribution in [3.8, 4) is 0 Å². The molecule has 0 radical (unpaired) electrons. The smallest absolute Gasteiger partial charge is 0.244 e. The highest BCUT2D eigenvalue weighted by Crippen LogP contribution is 2.17. The number of sulfonamides is 1. The average molecular weight is 284 g/mol. The molecule has 0 aliphatic carbocycles. The van der Waals surface area contributed by atoms with Crippen molar-refractivity contribution in [2.45, 2.75) is 18.0 Å². The van der Waals surface area contributed by atoms with Gasteiger partial charge in [-0.3, -0.25) is 0 Å². The third kappa shape index (κ3) is 2.70. The Morgan fingerprint density at radius 2 is 2.26 bits per heavy atom. The number of nitrogens with zero attached hydrogens (tertiary/aromatic N) is 3. The molecule has 0 amide bonds. The number of aliphatic hydroxyl groups excluding tert-OH is 1. The van der Waals surface area contributed by atoms with E-state index < -0.39 is 10.0 Å². The van der Waals surface area contributed by atoms with Crippen molar-refractivity contribution >= 4 is 10.0 Å². The molecule has 0 atom stereocenters. The van der Waals surface area contributed by atoms with Crippen LogP contribution in [0, 0.1) is 0 Å². The lowest BCUT2D eigenvalue weighted by Gasteiger charge is -2.15. The highest BCUT2D eigenvalue weighted by Gasteiger charge is 2.23. The first-order valence-corrected chi connectivity index (χ1v) is 7.10. The molecule has 0 spiro atoms. The molecule has 0 bridgehead atoms. The van der Waals surface area contributed by atoms with E-state index in [1.54, 1.807) is 17.0 Å². The van der Waals surface area contributed by atoms with E-state index in [2.05, 4.69) is 9.97 Å². The minimum absolute atomic E-state index is 0.133. The molecular formula is C11H16N4O3S. The fourth-order valence-corrected chi connectivity index (χ4v) is 2.82. The lowest BCUT2D eigenvalue weighted by molar-refractivity contribution is 0.277. The van der Waals surface area contributed by atoms with Crippen molar-refractivity contribution in [3.05, 3.63) is 36.2 Å².